The number of carbonyl (C=O) groups excluding carboxylic acids is 1. The highest BCUT2D eigenvalue weighted by atomic mass is 32.1. The van der Waals surface area contributed by atoms with Crippen LogP contribution >= 0.6 is 11.3 Å². The van der Waals surface area contributed by atoms with Gasteiger partial charge in [-0.2, -0.15) is 0 Å². The van der Waals surface area contributed by atoms with Gasteiger partial charge in [-0.25, -0.2) is 0 Å². The Morgan fingerprint density at radius 2 is 2.47 bits per heavy atom. The van der Waals surface area contributed by atoms with E-state index in [0.29, 0.717) is 0 Å². The molecule has 1 aliphatic rings. The van der Waals surface area contributed by atoms with E-state index in [-0.39, 0.29) is 11.9 Å². The molecule has 0 bridgehead atoms. The first kappa shape index (κ1) is 14.5. The summed E-state index contributed by atoms with van der Waals surface area (Å²) in [7, 11) is 0. The van der Waals surface area contributed by atoms with Crippen LogP contribution in [0.25, 0.3) is 0 Å². The highest BCUT2D eigenvalue weighted by molar-refractivity contribution is 7.09. The number of rotatable bonds is 5. The van der Waals surface area contributed by atoms with Crippen molar-refractivity contribution in [3.8, 4) is 0 Å². The molecule has 1 aromatic rings. The van der Waals surface area contributed by atoms with E-state index < -0.39 is 0 Å². The summed E-state index contributed by atoms with van der Waals surface area (Å²) >= 11 is 1.75. The lowest BCUT2D eigenvalue weighted by Gasteiger charge is -2.34. The average molecular weight is 280 g/mol. The average Bonchev–Trinajstić information content (AvgIpc) is 2.91. The Labute approximate surface area is 120 Å². The molecule has 1 amide bonds. The van der Waals surface area contributed by atoms with Gasteiger partial charge in [0, 0.05) is 18.0 Å². The zero-order valence-corrected chi connectivity index (χ0v) is 12.7. The van der Waals surface area contributed by atoms with Crippen LogP contribution in [0.2, 0.25) is 0 Å². The van der Waals surface area contributed by atoms with Crippen molar-refractivity contribution in [1.29, 1.82) is 0 Å². The Bertz CT molecular complexity index is 391. The van der Waals surface area contributed by atoms with Crippen molar-refractivity contribution in [2.75, 3.05) is 19.6 Å². The van der Waals surface area contributed by atoms with Crippen LogP contribution in [0.5, 0.6) is 0 Å². The minimum absolute atomic E-state index is 0.00563. The second-order valence-electron chi connectivity index (χ2n) is 5.54. The van der Waals surface area contributed by atoms with Crippen LogP contribution in [-0.4, -0.2) is 36.5 Å². The van der Waals surface area contributed by atoms with Gasteiger partial charge in [-0.15, -0.1) is 11.3 Å². The van der Waals surface area contributed by atoms with Crippen molar-refractivity contribution in [2.24, 2.45) is 5.92 Å². The largest absolute Gasteiger partial charge is 0.354 e. The first-order chi connectivity index (χ1) is 9.16. The third-order valence-corrected chi connectivity index (χ3v) is 4.80. The minimum Gasteiger partial charge on any atom is -0.354 e. The Morgan fingerprint density at radius 1 is 1.63 bits per heavy atom. The highest BCUT2D eigenvalue weighted by Gasteiger charge is 2.25. The summed E-state index contributed by atoms with van der Waals surface area (Å²) in [5.41, 5.74) is 0. The first-order valence-electron chi connectivity index (χ1n) is 7.21. The van der Waals surface area contributed by atoms with E-state index in [9.17, 15) is 4.79 Å². The SMILES string of the molecule is CC1CCCN(C(C)C(=O)NCCc2cccs2)C1. The minimum atomic E-state index is 0.00563. The first-order valence-corrected chi connectivity index (χ1v) is 8.09. The second-order valence-corrected chi connectivity index (χ2v) is 6.57. The molecule has 0 aliphatic carbocycles. The maximum absolute atomic E-state index is 12.1. The summed E-state index contributed by atoms with van der Waals surface area (Å²) < 4.78 is 0. The molecule has 1 aliphatic heterocycles. The van der Waals surface area contributed by atoms with E-state index >= 15 is 0 Å². The number of hydrogen-bond acceptors (Lipinski definition) is 3. The molecule has 106 valence electrons. The summed E-state index contributed by atoms with van der Waals surface area (Å²) in [4.78, 5) is 15.8. The molecule has 2 rings (SSSR count). The molecule has 0 saturated carbocycles. The van der Waals surface area contributed by atoms with E-state index in [4.69, 9.17) is 0 Å². The van der Waals surface area contributed by atoms with Crippen LogP contribution < -0.4 is 5.32 Å². The maximum Gasteiger partial charge on any atom is 0.237 e. The van der Waals surface area contributed by atoms with Gasteiger partial charge in [0.2, 0.25) is 5.91 Å². The molecule has 0 spiro atoms. The van der Waals surface area contributed by atoms with Gasteiger partial charge < -0.3 is 5.32 Å². The lowest BCUT2D eigenvalue weighted by molar-refractivity contribution is -0.126. The Hall–Kier alpha value is -0.870. The Morgan fingerprint density at radius 3 is 3.16 bits per heavy atom. The fraction of sp³-hybridized carbons (Fsp3) is 0.667. The number of carbonyl (C=O) groups is 1. The molecule has 2 unspecified atom stereocenters. The number of nitrogens with one attached hydrogen (secondary N) is 1. The van der Waals surface area contributed by atoms with Gasteiger partial charge in [0.25, 0.3) is 0 Å². The molecule has 3 nitrogen and oxygen atoms in total. The monoisotopic (exact) mass is 280 g/mol. The van der Waals surface area contributed by atoms with E-state index in [2.05, 4.69) is 34.7 Å². The molecule has 1 saturated heterocycles. The van der Waals surface area contributed by atoms with Gasteiger partial charge in [-0.05, 0) is 50.1 Å². The number of piperidine rings is 1. The van der Waals surface area contributed by atoms with E-state index in [0.717, 1.165) is 32.0 Å². The van der Waals surface area contributed by atoms with Crippen LogP contribution in [0.3, 0.4) is 0 Å². The molecule has 2 heterocycles. The van der Waals surface area contributed by atoms with Crippen molar-refractivity contribution in [2.45, 2.75) is 39.2 Å². The molecule has 0 radical (unpaired) electrons. The van der Waals surface area contributed by atoms with Crippen molar-refractivity contribution in [1.82, 2.24) is 10.2 Å². The molecule has 1 fully saturated rings. The van der Waals surface area contributed by atoms with Crippen molar-refractivity contribution >= 4 is 17.2 Å². The molecule has 1 N–H and O–H groups in total. The molecule has 19 heavy (non-hydrogen) atoms. The lowest BCUT2D eigenvalue weighted by atomic mass is 9.99. The number of amides is 1. The summed E-state index contributed by atoms with van der Waals surface area (Å²) in [5.74, 6) is 0.890. The third kappa shape index (κ3) is 4.32. The van der Waals surface area contributed by atoms with Crippen molar-refractivity contribution in [3.05, 3.63) is 22.4 Å². The standard InChI is InChI=1S/C15H24N2OS/c1-12-5-3-9-17(11-12)13(2)15(18)16-8-7-14-6-4-10-19-14/h4,6,10,12-13H,3,5,7-9,11H2,1-2H3,(H,16,18). The van der Waals surface area contributed by atoms with Gasteiger partial charge >= 0.3 is 0 Å². The third-order valence-electron chi connectivity index (χ3n) is 3.87. The molecule has 2 atom stereocenters. The fourth-order valence-electron chi connectivity index (χ4n) is 2.65. The van der Waals surface area contributed by atoms with Crippen molar-refractivity contribution < 1.29 is 4.79 Å². The van der Waals surface area contributed by atoms with Crippen LogP contribution in [0, 0.1) is 5.92 Å². The Balaban J connectivity index is 1.72. The van der Waals surface area contributed by atoms with Crippen molar-refractivity contribution in [3.63, 3.8) is 0 Å². The molecular weight excluding hydrogens is 256 g/mol. The molecule has 4 heteroatoms. The van der Waals surface area contributed by atoms with Gasteiger partial charge in [-0.1, -0.05) is 13.0 Å². The van der Waals surface area contributed by atoms with E-state index in [1.807, 2.05) is 6.92 Å². The summed E-state index contributed by atoms with van der Waals surface area (Å²) in [6.07, 6.45) is 3.45. The summed E-state index contributed by atoms with van der Waals surface area (Å²) in [6.45, 7) is 7.16. The quantitative estimate of drug-likeness (QED) is 0.899. The fourth-order valence-corrected chi connectivity index (χ4v) is 3.36. The Kier molecular flexibility index (Phi) is 5.40. The van der Waals surface area contributed by atoms with Crippen LogP contribution in [0.4, 0.5) is 0 Å². The normalized spacial score (nSPS) is 22.1. The smallest absolute Gasteiger partial charge is 0.237 e. The second kappa shape index (κ2) is 7.06. The van der Waals surface area contributed by atoms with E-state index in [1.165, 1.54) is 17.7 Å². The lowest BCUT2D eigenvalue weighted by Crippen LogP contribution is -2.49. The molecule has 0 aromatic carbocycles. The number of thiophene rings is 1. The zero-order chi connectivity index (χ0) is 13.7. The highest BCUT2D eigenvalue weighted by Crippen LogP contribution is 2.17. The zero-order valence-electron chi connectivity index (χ0n) is 11.9. The number of likely N-dealkylation sites (tertiary alicyclic amines) is 1. The van der Waals surface area contributed by atoms with Crippen LogP contribution in [0.15, 0.2) is 17.5 Å². The van der Waals surface area contributed by atoms with Gasteiger partial charge in [-0.3, -0.25) is 9.69 Å². The van der Waals surface area contributed by atoms with Gasteiger partial charge in [0.1, 0.15) is 0 Å². The number of nitrogens with zero attached hydrogens (tertiary/aromatic N) is 1. The predicted molar refractivity (Wildman–Crippen MR) is 80.5 cm³/mol. The topological polar surface area (TPSA) is 32.3 Å². The van der Waals surface area contributed by atoms with Gasteiger partial charge in [0.15, 0.2) is 0 Å². The summed E-state index contributed by atoms with van der Waals surface area (Å²) in [6, 6.07) is 4.18. The van der Waals surface area contributed by atoms with Crippen LogP contribution in [0.1, 0.15) is 31.6 Å². The maximum atomic E-state index is 12.1. The predicted octanol–water partition coefficient (Wildman–Crippen LogP) is 2.53. The van der Waals surface area contributed by atoms with Crippen LogP contribution in [-0.2, 0) is 11.2 Å². The molecule has 1 aromatic heterocycles. The van der Waals surface area contributed by atoms with E-state index in [1.54, 1.807) is 11.3 Å². The van der Waals surface area contributed by atoms with Gasteiger partial charge in [0.05, 0.1) is 6.04 Å². The molecular formula is C15H24N2OS. The number of hydrogen-bond donors (Lipinski definition) is 1. The summed E-state index contributed by atoms with van der Waals surface area (Å²) in [5, 5.41) is 5.14.